The maximum atomic E-state index is 11.9. The third kappa shape index (κ3) is 8.29. The highest BCUT2D eigenvalue weighted by molar-refractivity contribution is 5.93. The first-order valence-electron chi connectivity index (χ1n) is 29.5. The zero-order chi connectivity index (χ0) is 58.7. The van der Waals surface area contributed by atoms with Gasteiger partial charge in [-0.2, -0.15) is 5.26 Å². The Hall–Kier alpha value is -10.0. The van der Waals surface area contributed by atoms with Gasteiger partial charge < -0.3 is 14.9 Å². The highest BCUT2D eigenvalue weighted by atomic mass is 16.4. The molecule has 5 nitrogen and oxygen atoms in total. The molecule has 0 aromatic heterocycles. The number of aliphatic carboxylic acids is 1. The second-order valence-corrected chi connectivity index (χ2v) is 25.3. The minimum atomic E-state index is -1.27. The molecule has 85 heavy (non-hydrogen) atoms. The van der Waals surface area contributed by atoms with Crippen LogP contribution < -0.4 is 9.80 Å². The molecule has 412 valence electrons. The van der Waals surface area contributed by atoms with E-state index in [1.807, 2.05) is 18.2 Å². The predicted octanol–water partition coefficient (Wildman–Crippen LogP) is 20.4. The van der Waals surface area contributed by atoms with Crippen LogP contribution in [-0.2, 0) is 26.5 Å². The zero-order valence-corrected chi connectivity index (χ0v) is 49.3. The first kappa shape index (κ1) is 53.0. The van der Waals surface area contributed by atoms with Crippen LogP contribution >= 0.6 is 0 Å². The van der Waals surface area contributed by atoms with Crippen molar-refractivity contribution in [2.45, 2.75) is 77.0 Å². The summed E-state index contributed by atoms with van der Waals surface area (Å²) in [6.45, 7) is 18.7. The number of rotatable bonds is 11. The van der Waals surface area contributed by atoms with Crippen molar-refractivity contribution in [3.8, 4) is 50.6 Å². The Bertz CT molecular complexity index is 4100. The van der Waals surface area contributed by atoms with Gasteiger partial charge in [0.2, 0.25) is 0 Å². The molecule has 0 saturated carbocycles. The molecule has 1 N–H and O–H groups in total. The van der Waals surface area contributed by atoms with E-state index < -0.39 is 5.97 Å². The van der Waals surface area contributed by atoms with Crippen molar-refractivity contribution in [1.82, 2.24) is 0 Å². The van der Waals surface area contributed by atoms with E-state index in [2.05, 4.69) is 284 Å². The molecule has 14 rings (SSSR count). The second-order valence-electron chi connectivity index (χ2n) is 25.3. The van der Waals surface area contributed by atoms with Crippen molar-refractivity contribution in [3.63, 3.8) is 0 Å². The quantitative estimate of drug-likeness (QED) is 0.0794. The van der Waals surface area contributed by atoms with Crippen LogP contribution in [-0.4, -0.2) is 11.1 Å². The minimum Gasteiger partial charge on any atom is -0.477 e. The van der Waals surface area contributed by atoms with Gasteiger partial charge in [-0.15, -0.1) is 0 Å². The second kappa shape index (κ2) is 19.5. The van der Waals surface area contributed by atoms with E-state index in [9.17, 15) is 15.2 Å². The van der Waals surface area contributed by atoms with Gasteiger partial charge in [0.1, 0.15) is 11.6 Å². The Kier molecular flexibility index (Phi) is 12.2. The third-order valence-electron chi connectivity index (χ3n) is 19.2. The summed E-state index contributed by atoms with van der Waals surface area (Å²) in [4.78, 5) is 16.7. The predicted molar refractivity (Wildman–Crippen MR) is 350 cm³/mol. The lowest BCUT2D eigenvalue weighted by molar-refractivity contribution is -0.132. The number of nitriles is 1. The maximum Gasteiger partial charge on any atom is 0.346 e. The monoisotopic (exact) mass is 1100 g/mol. The molecule has 0 spiro atoms. The normalized spacial score (nSPS) is 15.3. The highest BCUT2D eigenvalue weighted by Crippen LogP contribution is 2.56. The largest absolute Gasteiger partial charge is 0.477 e. The molecular formula is C80H65N3O2. The topological polar surface area (TPSA) is 67.6 Å². The van der Waals surface area contributed by atoms with Gasteiger partial charge in [-0.25, -0.2) is 4.79 Å². The number of benzene rings is 10. The number of anilines is 6. The summed E-state index contributed by atoms with van der Waals surface area (Å²) in [6, 6.07) is 82.4. The summed E-state index contributed by atoms with van der Waals surface area (Å²) >= 11 is 0. The van der Waals surface area contributed by atoms with Gasteiger partial charge in [-0.3, -0.25) is 0 Å². The molecule has 0 radical (unpaired) electrons. The fourth-order valence-corrected chi connectivity index (χ4v) is 14.6. The van der Waals surface area contributed by atoms with Crippen molar-refractivity contribution >= 4 is 45.7 Å². The first-order valence-corrected chi connectivity index (χ1v) is 29.5. The lowest BCUT2D eigenvalue weighted by atomic mass is 9.82. The summed E-state index contributed by atoms with van der Waals surface area (Å²) < 4.78 is 0. The molecule has 0 amide bonds. The van der Waals surface area contributed by atoms with E-state index in [4.69, 9.17) is 0 Å². The average Bonchev–Trinajstić information content (AvgIpc) is 3.78. The maximum absolute atomic E-state index is 11.9. The van der Waals surface area contributed by atoms with Gasteiger partial charge in [0, 0.05) is 55.8 Å². The van der Waals surface area contributed by atoms with Crippen molar-refractivity contribution in [2.75, 3.05) is 9.80 Å². The van der Waals surface area contributed by atoms with Gasteiger partial charge in [0.05, 0.1) is 0 Å². The van der Waals surface area contributed by atoms with Crippen molar-refractivity contribution < 1.29 is 9.90 Å². The van der Waals surface area contributed by atoms with E-state index in [1.165, 1.54) is 95.1 Å². The van der Waals surface area contributed by atoms with Gasteiger partial charge in [0.15, 0.2) is 0 Å². The zero-order valence-electron chi connectivity index (χ0n) is 49.3. The molecule has 0 atom stereocenters. The molecule has 0 saturated heterocycles. The summed E-state index contributed by atoms with van der Waals surface area (Å²) in [7, 11) is 0. The third-order valence-corrected chi connectivity index (χ3v) is 19.2. The number of carboxylic acid groups (broad SMARTS) is 1. The Morgan fingerprint density at radius 1 is 0.353 bits per heavy atom. The minimum absolute atomic E-state index is 0.193. The number of hydrogen-bond donors (Lipinski definition) is 1. The Morgan fingerprint density at radius 3 is 0.894 bits per heavy atom. The van der Waals surface area contributed by atoms with Gasteiger partial charge in [-0.05, 0) is 185 Å². The fourth-order valence-electron chi connectivity index (χ4n) is 14.6. The molecule has 0 heterocycles. The number of allylic oxidation sites excluding steroid dienone is 4. The number of carboxylic acids is 1. The van der Waals surface area contributed by atoms with Crippen LogP contribution in [0.2, 0.25) is 0 Å². The molecule has 5 heteroatoms. The summed E-state index contributed by atoms with van der Waals surface area (Å²) in [5.74, 6) is -1.27. The lowest BCUT2D eigenvalue weighted by Gasteiger charge is -2.30. The SMILES string of the molecule is CC1(C)c2ccccc2-c2ccc(N(c3ccc(C(=C/C=C/C=C(\C#N)C(=O)O)c4ccc(N(c5ccc6c(c5)C(C)(C)c5ccccc5-6)c5ccc6c(c5)C(C)(C)c5ccccc5-6)cc4)cc3)c3ccc4c(c3)C(C)(C)c3ccccc3-4)cc21. The van der Waals surface area contributed by atoms with Crippen molar-refractivity contribution in [2.24, 2.45) is 0 Å². The number of carbonyl (C=O) groups is 1. The smallest absolute Gasteiger partial charge is 0.346 e. The number of fused-ring (bicyclic) bond motifs is 12. The molecule has 4 aliphatic carbocycles. The molecule has 0 fully saturated rings. The van der Waals surface area contributed by atoms with E-state index >= 15 is 0 Å². The van der Waals surface area contributed by atoms with Crippen LogP contribution in [0.5, 0.6) is 0 Å². The number of hydrogen-bond acceptors (Lipinski definition) is 4. The van der Waals surface area contributed by atoms with E-state index in [-0.39, 0.29) is 27.2 Å². The summed E-state index contributed by atoms with van der Waals surface area (Å²) in [5, 5.41) is 19.3. The molecule has 0 bridgehead atoms. The first-order chi connectivity index (χ1) is 41.0. The van der Waals surface area contributed by atoms with Crippen LogP contribution in [0.15, 0.2) is 248 Å². The van der Waals surface area contributed by atoms with Crippen LogP contribution in [0.4, 0.5) is 34.1 Å². The Labute approximate surface area is 499 Å². The lowest BCUT2D eigenvalue weighted by Crippen LogP contribution is -2.18. The fraction of sp³-hybridized carbons (Fsp3) is 0.150. The molecule has 10 aromatic carbocycles. The standard InChI is InChI=1S/C80H65N3O2/c1-77(2)68-25-15-11-21-60(68)64-41-37-55(45-72(64)77)82(56-38-42-65-61-22-12-16-26-69(61)78(3,4)73(65)46-56)53-33-29-50(30-34-53)59(20-10-9-19-52(49-81)76(84)85)51-31-35-54(36-32-51)83(57-39-43-66-62-23-13-17-27-70(62)79(5,6)74(66)47-57)58-40-44-67-63-24-14-18-28-71(63)80(7,8)75(67)48-58/h9-48H,1-8H3,(H,84,85)/b10-9+,52-19+. The van der Waals surface area contributed by atoms with Crippen LogP contribution in [0, 0.1) is 11.3 Å². The molecule has 4 aliphatic rings. The molecule has 0 aliphatic heterocycles. The van der Waals surface area contributed by atoms with Crippen LogP contribution in [0.25, 0.3) is 50.1 Å². The van der Waals surface area contributed by atoms with Gasteiger partial charge in [-0.1, -0.05) is 219 Å². The van der Waals surface area contributed by atoms with Gasteiger partial charge in [0.25, 0.3) is 0 Å². The van der Waals surface area contributed by atoms with E-state index in [1.54, 1.807) is 6.08 Å². The average molecular weight is 1100 g/mol. The van der Waals surface area contributed by atoms with Crippen LogP contribution in [0.1, 0.15) is 111 Å². The molecule has 0 unspecified atom stereocenters. The summed E-state index contributed by atoms with van der Waals surface area (Å²) in [5.41, 5.74) is 28.9. The molecule has 10 aromatic rings. The Morgan fingerprint density at radius 2 is 0.612 bits per heavy atom. The van der Waals surface area contributed by atoms with E-state index in [0.717, 1.165) is 50.8 Å². The van der Waals surface area contributed by atoms with Crippen LogP contribution in [0.3, 0.4) is 0 Å². The van der Waals surface area contributed by atoms with Crippen molar-refractivity contribution in [1.29, 1.82) is 5.26 Å². The Balaban J connectivity index is 0.883. The molecular weight excluding hydrogens is 1030 g/mol. The van der Waals surface area contributed by atoms with Gasteiger partial charge >= 0.3 is 5.97 Å². The van der Waals surface area contributed by atoms with Crippen molar-refractivity contribution in [3.05, 3.63) is 304 Å². The van der Waals surface area contributed by atoms with E-state index in [0.29, 0.717) is 0 Å². The summed E-state index contributed by atoms with van der Waals surface area (Å²) in [6.07, 6.45) is 6.80. The highest BCUT2D eigenvalue weighted by Gasteiger charge is 2.40. The number of nitrogens with zero attached hydrogens (tertiary/aromatic N) is 3.